The molecule has 3 aromatic carbocycles. The highest BCUT2D eigenvalue weighted by Gasteiger charge is 2.16. The lowest BCUT2D eigenvalue weighted by molar-refractivity contribution is -0.119. The van der Waals surface area contributed by atoms with Crippen LogP contribution in [-0.4, -0.2) is 42.2 Å². The zero-order chi connectivity index (χ0) is 28.4. The van der Waals surface area contributed by atoms with Gasteiger partial charge in [0, 0.05) is 30.9 Å². The third-order valence-corrected chi connectivity index (χ3v) is 7.81. The SMILES string of the molecule is COc1cc(S(C)(=O)=O)ccc1Nc1nc2cc(-c3ccc(CC(=O)[C@H](C)c4ccc(F)cc4)cc3)ccn2n1. The summed E-state index contributed by atoms with van der Waals surface area (Å²) in [5.41, 5.74) is 4.72. The molecule has 5 aromatic rings. The van der Waals surface area contributed by atoms with E-state index in [9.17, 15) is 17.6 Å². The van der Waals surface area contributed by atoms with Gasteiger partial charge in [0.05, 0.1) is 17.7 Å². The van der Waals surface area contributed by atoms with Crippen molar-refractivity contribution in [2.75, 3.05) is 18.7 Å². The number of Topliss-reactive ketones (excluding diaryl/α,β-unsaturated/α-hetero) is 1. The molecule has 8 nitrogen and oxygen atoms in total. The number of aromatic nitrogens is 3. The lowest BCUT2D eigenvalue weighted by Crippen LogP contribution is -2.12. The Balaban J connectivity index is 1.30. The topological polar surface area (TPSA) is 103 Å². The summed E-state index contributed by atoms with van der Waals surface area (Å²) < 4.78 is 43.9. The smallest absolute Gasteiger partial charge is 0.247 e. The largest absolute Gasteiger partial charge is 0.495 e. The maximum atomic E-state index is 13.2. The van der Waals surface area contributed by atoms with Crippen LogP contribution in [0.25, 0.3) is 16.8 Å². The van der Waals surface area contributed by atoms with Gasteiger partial charge in [0.15, 0.2) is 15.5 Å². The van der Waals surface area contributed by atoms with E-state index in [-0.39, 0.29) is 28.8 Å². The van der Waals surface area contributed by atoms with Gasteiger partial charge < -0.3 is 10.1 Å². The Bertz CT molecular complexity index is 1800. The fourth-order valence-electron chi connectivity index (χ4n) is 4.35. The third kappa shape index (κ3) is 5.86. The van der Waals surface area contributed by atoms with Gasteiger partial charge in [0.1, 0.15) is 17.3 Å². The summed E-state index contributed by atoms with van der Waals surface area (Å²) in [4.78, 5) is 17.5. The number of carbonyl (C=O) groups is 1. The number of hydrogen-bond acceptors (Lipinski definition) is 7. The fourth-order valence-corrected chi connectivity index (χ4v) is 4.98. The molecule has 2 aromatic heterocycles. The average molecular weight is 559 g/mol. The molecule has 0 radical (unpaired) electrons. The first-order chi connectivity index (χ1) is 19.1. The van der Waals surface area contributed by atoms with Crippen molar-refractivity contribution in [2.45, 2.75) is 24.2 Å². The van der Waals surface area contributed by atoms with Crippen LogP contribution in [0.3, 0.4) is 0 Å². The van der Waals surface area contributed by atoms with Crippen LogP contribution < -0.4 is 10.1 Å². The van der Waals surface area contributed by atoms with E-state index in [4.69, 9.17) is 4.74 Å². The van der Waals surface area contributed by atoms with E-state index in [2.05, 4.69) is 15.4 Å². The lowest BCUT2D eigenvalue weighted by atomic mass is 9.92. The summed E-state index contributed by atoms with van der Waals surface area (Å²) in [5.74, 6) is 0.0971. The standard InChI is InChI=1S/C30H27FN4O4S/c1-19(21-8-10-24(31)11-9-21)27(36)16-20-4-6-22(7-5-20)23-14-15-35-29(17-23)33-30(34-35)32-26-13-12-25(40(3,37)38)18-28(26)39-2/h4-15,17-19H,16H2,1-3H3,(H,32,34)/t19-/m1/s1. The summed E-state index contributed by atoms with van der Waals surface area (Å²) in [6.07, 6.45) is 3.22. The van der Waals surface area contributed by atoms with Crippen LogP contribution >= 0.6 is 0 Å². The number of nitrogens with one attached hydrogen (secondary N) is 1. The first-order valence-corrected chi connectivity index (χ1v) is 14.4. The van der Waals surface area contributed by atoms with Gasteiger partial charge in [-0.2, -0.15) is 4.98 Å². The zero-order valence-electron chi connectivity index (χ0n) is 22.1. The van der Waals surface area contributed by atoms with Crippen LogP contribution in [0, 0.1) is 5.82 Å². The molecule has 0 saturated carbocycles. The molecule has 1 atom stereocenters. The van der Waals surface area contributed by atoms with E-state index < -0.39 is 9.84 Å². The molecule has 2 heterocycles. The normalized spacial score (nSPS) is 12.3. The summed E-state index contributed by atoms with van der Waals surface area (Å²) in [6.45, 7) is 1.83. The molecule has 0 bridgehead atoms. The molecule has 0 fully saturated rings. The van der Waals surface area contributed by atoms with Crippen LogP contribution in [0.2, 0.25) is 0 Å². The highest BCUT2D eigenvalue weighted by molar-refractivity contribution is 7.90. The number of halogens is 1. The molecule has 0 aliphatic carbocycles. The molecule has 10 heteroatoms. The number of nitrogens with zero attached hydrogens (tertiary/aromatic N) is 3. The minimum Gasteiger partial charge on any atom is -0.495 e. The number of methoxy groups -OCH3 is 1. The number of benzene rings is 3. The second-order valence-electron chi connectivity index (χ2n) is 9.53. The Kier molecular flexibility index (Phi) is 7.36. The van der Waals surface area contributed by atoms with Gasteiger partial charge >= 0.3 is 0 Å². The second kappa shape index (κ2) is 10.9. The van der Waals surface area contributed by atoms with Gasteiger partial charge in [-0.25, -0.2) is 17.3 Å². The van der Waals surface area contributed by atoms with E-state index in [1.807, 2.05) is 43.3 Å². The van der Waals surface area contributed by atoms with Gasteiger partial charge in [-0.15, -0.1) is 5.10 Å². The number of sulfone groups is 1. The highest BCUT2D eigenvalue weighted by atomic mass is 32.2. The number of ether oxygens (including phenoxy) is 1. The third-order valence-electron chi connectivity index (χ3n) is 6.70. The number of fused-ring (bicyclic) bond motifs is 1. The van der Waals surface area contributed by atoms with Crippen molar-refractivity contribution in [3.8, 4) is 16.9 Å². The monoisotopic (exact) mass is 558 g/mol. The van der Waals surface area contributed by atoms with Crippen molar-refractivity contribution in [2.24, 2.45) is 0 Å². The minimum absolute atomic E-state index is 0.0619. The van der Waals surface area contributed by atoms with Crippen LogP contribution in [0.4, 0.5) is 16.0 Å². The van der Waals surface area contributed by atoms with Gasteiger partial charge in [-0.05, 0) is 58.7 Å². The van der Waals surface area contributed by atoms with Gasteiger partial charge in [0.2, 0.25) is 5.95 Å². The number of carbonyl (C=O) groups excluding carboxylic acids is 1. The van der Waals surface area contributed by atoms with Crippen molar-refractivity contribution in [3.63, 3.8) is 0 Å². The maximum absolute atomic E-state index is 13.2. The van der Waals surface area contributed by atoms with Crippen molar-refractivity contribution < 1.29 is 22.3 Å². The molecule has 0 amide bonds. The maximum Gasteiger partial charge on any atom is 0.247 e. The van der Waals surface area contributed by atoms with Crippen LogP contribution in [0.1, 0.15) is 24.0 Å². The molecule has 40 heavy (non-hydrogen) atoms. The van der Waals surface area contributed by atoms with Crippen molar-refractivity contribution in [3.05, 3.63) is 102 Å². The molecular formula is C30H27FN4O4S. The van der Waals surface area contributed by atoms with Crippen molar-refractivity contribution >= 4 is 32.9 Å². The van der Waals surface area contributed by atoms with Crippen LogP contribution in [0.15, 0.2) is 90.0 Å². The number of pyridine rings is 1. The Labute approximate surface area is 231 Å². The minimum atomic E-state index is -3.37. The fraction of sp³-hybridized carbons (Fsp3) is 0.167. The summed E-state index contributed by atoms with van der Waals surface area (Å²) in [7, 11) is -1.91. The zero-order valence-corrected chi connectivity index (χ0v) is 22.9. The lowest BCUT2D eigenvalue weighted by Gasteiger charge is -2.11. The van der Waals surface area contributed by atoms with Gasteiger partial charge in [-0.1, -0.05) is 43.3 Å². The predicted octanol–water partition coefficient (Wildman–Crippen LogP) is 5.61. The van der Waals surface area contributed by atoms with Gasteiger partial charge in [0.25, 0.3) is 0 Å². The van der Waals surface area contributed by atoms with Crippen LogP contribution in [-0.2, 0) is 21.1 Å². The van der Waals surface area contributed by atoms with Crippen molar-refractivity contribution in [1.29, 1.82) is 0 Å². The molecule has 0 saturated heterocycles. The second-order valence-corrected chi connectivity index (χ2v) is 11.5. The number of hydrogen-bond donors (Lipinski definition) is 1. The Hall–Kier alpha value is -4.57. The van der Waals surface area contributed by atoms with E-state index >= 15 is 0 Å². The van der Waals surface area contributed by atoms with Crippen molar-refractivity contribution in [1.82, 2.24) is 14.6 Å². The summed E-state index contributed by atoms with van der Waals surface area (Å²) in [5, 5.41) is 7.53. The molecule has 1 N–H and O–H groups in total. The molecule has 204 valence electrons. The van der Waals surface area contributed by atoms with E-state index in [1.165, 1.54) is 31.4 Å². The summed E-state index contributed by atoms with van der Waals surface area (Å²) >= 11 is 0. The Morgan fingerprint density at radius 1 is 1.00 bits per heavy atom. The Morgan fingerprint density at radius 2 is 1.73 bits per heavy atom. The first-order valence-electron chi connectivity index (χ1n) is 12.5. The molecular weight excluding hydrogens is 531 g/mol. The van der Waals surface area contributed by atoms with E-state index in [0.717, 1.165) is 28.5 Å². The number of rotatable bonds is 9. The summed E-state index contributed by atoms with van der Waals surface area (Å²) in [6, 6.07) is 22.2. The number of ketones is 1. The molecule has 5 rings (SSSR count). The quantitative estimate of drug-likeness (QED) is 0.251. The van der Waals surface area contributed by atoms with Crippen LogP contribution in [0.5, 0.6) is 5.75 Å². The molecule has 0 aliphatic heterocycles. The average Bonchev–Trinajstić information content (AvgIpc) is 3.34. The molecule has 0 aliphatic rings. The first kappa shape index (κ1) is 27.0. The van der Waals surface area contributed by atoms with E-state index in [0.29, 0.717) is 23.0 Å². The molecule has 0 spiro atoms. The highest BCUT2D eigenvalue weighted by Crippen LogP contribution is 2.30. The predicted molar refractivity (Wildman–Crippen MR) is 151 cm³/mol. The van der Waals surface area contributed by atoms with E-state index in [1.54, 1.807) is 28.9 Å². The number of anilines is 2. The Morgan fingerprint density at radius 3 is 2.40 bits per heavy atom. The molecule has 0 unspecified atom stereocenters. The van der Waals surface area contributed by atoms with Gasteiger partial charge in [-0.3, -0.25) is 4.79 Å².